The van der Waals surface area contributed by atoms with Crippen LogP contribution in [0.25, 0.3) is 0 Å². The van der Waals surface area contributed by atoms with Gasteiger partial charge < -0.3 is 14.4 Å². The fourth-order valence-corrected chi connectivity index (χ4v) is 3.17. The summed E-state index contributed by atoms with van der Waals surface area (Å²) >= 11 is 0. The van der Waals surface area contributed by atoms with Crippen molar-refractivity contribution in [1.29, 1.82) is 0 Å². The van der Waals surface area contributed by atoms with Crippen LogP contribution in [0.1, 0.15) is 13.3 Å². The Kier molecular flexibility index (Phi) is 5.08. The zero-order chi connectivity index (χ0) is 18.0. The summed E-state index contributed by atoms with van der Waals surface area (Å²) in [4.78, 5) is 15.7. The van der Waals surface area contributed by atoms with Crippen molar-refractivity contribution < 1.29 is 27.4 Å². The van der Waals surface area contributed by atoms with Crippen LogP contribution in [-0.2, 0) is 4.79 Å². The molecule has 3 rings (SSSR count). The number of fused-ring (bicyclic) bond motifs is 1. The van der Waals surface area contributed by atoms with Crippen molar-refractivity contribution in [2.24, 2.45) is 0 Å². The highest BCUT2D eigenvalue weighted by atomic mass is 19.4. The van der Waals surface area contributed by atoms with Gasteiger partial charge in [-0.25, -0.2) is 0 Å². The zero-order valence-electron chi connectivity index (χ0n) is 14.0. The molecule has 2 atom stereocenters. The number of amides is 1. The fraction of sp³-hybridized carbons (Fsp3) is 0.588. The van der Waals surface area contributed by atoms with E-state index < -0.39 is 24.9 Å². The minimum absolute atomic E-state index is 0.198. The maximum atomic E-state index is 12.8. The van der Waals surface area contributed by atoms with E-state index >= 15 is 0 Å². The van der Waals surface area contributed by atoms with Crippen molar-refractivity contribution in [1.82, 2.24) is 9.80 Å². The average molecular weight is 358 g/mol. The summed E-state index contributed by atoms with van der Waals surface area (Å²) < 4.78 is 49.2. The molecule has 1 saturated heterocycles. The monoisotopic (exact) mass is 358 g/mol. The van der Waals surface area contributed by atoms with Gasteiger partial charge in [0.15, 0.2) is 11.5 Å². The van der Waals surface area contributed by atoms with Crippen molar-refractivity contribution in [3.63, 3.8) is 0 Å². The first-order valence-corrected chi connectivity index (χ1v) is 8.34. The third kappa shape index (κ3) is 4.36. The number of carbonyl (C=O) groups is 1. The lowest BCUT2D eigenvalue weighted by Gasteiger charge is -2.34. The molecule has 0 saturated carbocycles. The molecule has 0 spiro atoms. The summed E-state index contributed by atoms with van der Waals surface area (Å²) in [5.74, 6) is 0.856. The Hall–Kier alpha value is -1.96. The second-order valence-corrected chi connectivity index (χ2v) is 6.38. The van der Waals surface area contributed by atoms with E-state index in [0.29, 0.717) is 31.0 Å². The van der Waals surface area contributed by atoms with Gasteiger partial charge >= 0.3 is 6.18 Å². The Morgan fingerprint density at radius 2 is 1.80 bits per heavy atom. The van der Waals surface area contributed by atoms with Crippen LogP contribution in [0.5, 0.6) is 11.5 Å². The largest absolute Gasteiger partial charge is 0.482 e. The van der Waals surface area contributed by atoms with E-state index in [1.807, 2.05) is 6.07 Å². The van der Waals surface area contributed by atoms with Crippen molar-refractivity contribution in [2.45, 2.75) is 31.7 Å². The number of para-hydroxylation sites is 2. The third-order valence-electron chi connectivity index (χ3n) is 4.39. The van der Waals surface area contributed by atoms with Gasteiger partial charge in [0.25, 0.3) is 5.91 Å². The standard InChI is InChI=1S/C17H21F3N2O3/c1-12-15(25-14-6-3-2-5-13(14)24-12)16(23)22-8-4-7-21(9-10-22)11-17(18,19)20/h2-3,5-6,12,15H,4,7-11H2,1H3. The topological polar surface area (TPSA) is 42.0 Å². The van der Waals surface area contributed by atoms with Gasteiger partial charge in [0.05, 0.1) is 6.54 Å². The maximum Gasteiger partial charge on any atom is 0.401 e. The van der Waals surface area contributed by atoms with Crippen LogP contribution >= 0.6 is 0 Å². The van der Waals surface area contributed by atoms with Crippen LogP contribution in [0.2, 0.25) is 0 Å². The Labute approximate surface area is 144 Å². The van der Waals surface area contributed by atoms with Gasteiger partial charge in [0.2, 0.25) is 6.10 Å². The zero-order valence-corrected chi connectivity index (χ0v) is 14.0. The molecular weight excluding hydrogens is 337 g/mol. The molecule has 0 N–H and O–H groups in total. The lowest BCUT2D eigenvalue weighted by atomic mass is 10.1. The Balaban J connectivity index is 1.63. The molecule has 2 aliphatic rings. The van der Waals surface area contributed by atoms with Crippen molar-refractivity contribution in [3.8, 4) is 11.5 Å². The van der Waals surface area contributed by atoms with Crippen LogP contribution in [-0.4, -0.2) is 66.8 Å². The van der Waals surface area contributed by atoms with Crippen LogP contribution < -0.4 is 9.47 Å². The molecule has 2 unspecified atom stereocenters. The quantitative estimate of drug-likeness (QED) is 0.814. The van der Waals surface area contributed by atoms with E-state index in [2.05, 4.69) is 0 Å². The molecule has 1 aromatic rings. The van der Waals surface area contributed by atoms with Crippen LogP contribution in [0.3, 0.4) is 0 Å². The van der Waals surface area contributed by atoms with E-state index in [1.54, 1.807) is 30.0 Å². The number of hydrogen-bond donors (Lipinski definition) is 0. The number of halogens is 3. The second kappa shape index (κ2) is 7.11. The first-order valence-electron chi connectivity index (χ1n) is 8.34. The molecule has 1 aromatic carbocycles. The van der Waals surface area contributed by atoms with Crippen molar-refractivity contribution in [3.05, 3.63) is 24.3 Å². The van der Waals surface area contributed by atoms with E-state index in [-0.39, 0.29) is 19.0 Å². The molecule has 1 amide bonds. The molecule has 138 valence electrons. The molecule has 25 heavy (non-hydrogen) atoms. The highest BCUT2D eigenvalue weighted by Crippen LogP contribution is 2.34. The van der Waals surface area contributed by atoms with Gasteiger partial charge in [-0.3, -0.25) is 9.69 Å². The molecular formula is C17H21F3N2O3. The average Bonchev–Trinajstić information content (AvgIpc) is 2.77. The van der Waals surface area contributed by atoms with Crippen LogP contribution in [0.4, 0.5) is 13.2 Å². The van der Waals surface area contributed by atoms with Gasteiger partial charge in [0.1, 0.15) is 6.10 Å². The van der Waals surface area contributed by atoms with Crippen molar-refractivity contribution in [2.75, 3.05) is 32.7 Å². The summed E-state index contributed by atoms with van der Waals surface area (Å²) in [6, 6.07) is 7.12. The molecule has 2 aliphatic heterocycles. The predicted octanol–water partition coefficient (Wildman–Crippen LogP) is 2.31. The Morgan fingerprint density at radius 1 is 1.12 bits per heavy atom. The van der Waals surface area contributed by atoms with Gasteiger partial charge in [0, 0.05) is 26.2 Å². The Bertz CT molecular complexity index is 623. The number of hydrogen-bond acceptors (Lipinski definition) is 4. The summed E-state index contributed by atoms with van der Waals surface area (Å²) in [5.41, 5.74) is 0. The lowest BCUT2D eigenvalue weighted by Crippen LogP contribution is -2.51. The Morgan fingerprint density at radius 3 is 2.48 bits per heavy atom. The number of alkyl halides is 3. The first-order chi connectivity index (χ1) is 11.8. The van der Waals surface area contributed by atoms with Crippen LogP contribution in [0, 0.1) is 0 Å². The SMILES string of the molecule is CC1Oc2ccccc2OC1C(=O)N1CCCN(CC(F)(F)F)CC1. The van der Waals surface area contributed by atoms with Gasteiger partial charge in [-0.2, -0.15) is 13.2 Å². The molecule has 0 radical (unpaired) electrons. The van der Waals surface area contributed by atoms with E-state index in [9.17, 15) is 18.0 Å². The van der Waals surface area contributed by atoms with E-state index in [4.69, 9.17) is 9.47 Å². The molecule has 8 heteroatoms. The molecule has 0 bridgehead atoms. The third-order valence-corrected chi connectivity index (χ3v) is 4.39. The molecule has 1 fully saturated rings. The summed E-state index contributed by atoms with van der Waals surface area (Å²) in [6.07, 6.45) is -4.97. The number of rotatable bonds is 2. The number of benzene rings is 1. The molecule has 5 nitrogen and oxygen atoms in total. The normalized spacial score (nSPS) is 24.7. The van der Waals surface area contributed by atoms with E-state index in [1.165, 1.54) is 4.90 Å². The van der Waals surface area contributed by atoms with Gasteiger partial charge in [-0.15, -0.1) is 0 Å². The molecule has 2 heterocycles. The summed E-state index contributed by atoms with van der Waals surface area (Å²) in [6.45, 7) is 2.01. The number of carbonyl (C=O) groups excluding carboxylic acids is 1. The second-order valence-electron chi connectivity index (χ2n) is 6.38. The van der Waals surface area contributed by atoms with Gasteiger partial charge in [-0.1, -0.05) is 12.1 Å². The number of ether oxygens (including phenoxy) is 2. The smallest absolute Gasteiger partial charge is 0.401 e. The summed E-state index contributed by atoms with van der Waals surface area (Å²) in [7, 11) is 0. The molecule has 0 aromatic heterocycles. The maximum absolute atomic E-state index is 12.8. The highest BCUT2D eigenvalue weighted by molar-refractivity contribution is 5.82. The summed E-state index contributed by atoms with van der Waals surface area (Å²) in [5, 5.41) is 0. The van der Waals surface area contributed by atoms with Gasteiger partial charge in [-0.05, 0) is 25.5 Å². The first kappa shape index (κ1) is 17.8. The minimum Gasteiger partial charge on any atom is -0.482 e. The van der Waals surface area contributed by atoms with Crippen LogP contribution in [0.15, 0.2) is 24.3 Å². The minimum atomic E-state index is -4.22. The van der Waals surface area contributed by atoms with E-state index in [0.717, 1.165) is 0 Å². The lowest BCUT2D eigenvalue weighted by molar-refractivity contribution is -0.146. The molecule has 0 aliphatic carbocycles. The fourth-order valence-electron chi connectivity index (χ4n) is 3.17. The predicted molar refractivity (Wildman–Crippen MR) is 84.6 cm³/mol. The highest BCUT2D eigenvalue weighted by Gasteiger charge is 2.38. The van der Waals surface area contributed by atoms with Crippen molar-refractivity contribution >= 4 is 5.91 Å². The number of nitrogens with zero attached hydrogens (tertiary/aromatic N) is 2.